The second-order valence-electron chi connectivity index (χ2n) is 7.14. The number of carbonyl (C=O) groups excluding carboxylic acids is 1. The van der Waals surface area contributed by atoms with E-state index in [2.05, 4.69) is 27.5 Å². The average Bonchev–Trinajstić information content (AvgIpc) is 3.01. The number of aliphatic hydroxyl groups is 2. The Balaban J connectivity index is 1.96. The maximum absolute atomic E-state index is 11.9. The molecule has 3 unspecified atom stereocenters. The van der Waals surface area contributed by atoms with Gasteiger partial charge in [-0.05, 0) is 12.8 Å². The molecule has 0 fully saturated rings. The second kappa shape index (κ2) is 9.75. The van der Waals surface area contributed by atoms with Crippen molar-refractivity contribution in [3.05, 3.63) is 0 Å². The summed E-state index contributed by atoms with van der Waals surface area (Å²) in [5.41, 5.74) is 11.7. The van der Waals surface area contributed by atoms with E-state index in [1.54, 1.807) is 0 Å². The van der Waals surface area contributed by atoms with Crippen LogP contribution in [0.2, 0.25) is 0 Å². The van der Waals surface area contributed by atoms with Gasteiger partial charge in [0.1, 0.15) is 18.7 Å². The Labute approximate surface area is 159 Å². The molecule has 0 aromatic rings. The highest BCUT2D eigenvalue weighted by Gasteiger charge is 2.47. The number of ether oxygens (including phenoxy) is 1. The zero-order valence-corrected chi connectivity index (χ0v) is 15.9. The lowest BCUT2D eigenvalue weighted by Gasteiger charge is -2.32. The molecule has 0 radical (unpaired) electrons. The monoisotopic (exact) mass is 384 g/mol. The average molecular weight is 384 g/mol. The molecule has 0 saturated carbocycles. The van der Waals surface area contributed by atoms with Crippen molar-refractivity contribution in [2.75, 3.05) is 13.2 Å². The minimum atomic E-state index is -2.04. The fourth-order valence-corrected chi connectivity index (χ4v) is 3.35. The summed E-state index contributed by atoms with van der Waals surface area (Å²) in [4.78, 5) is 20.4. The van der Waals surface area contributed by atoms with Crippen LogP contribution in [0.25, 0.3) is 0 Å². The van der Waals surface area contributed by atoms with Crippen LogP contribution in [0.5, 0.6) is 0 Å². The standard InChI is InChI=1S/C17H32N6O4/c1-2-3-4-5-9-20-16(24)27-10-11-13-14(23-15(19)22-13)17(25,26)8-6-7-12(18)21-11/h11,13-14,25-26H,2-10H2,1H3,(H2,18,21)(H,20,24)(H3,19,22,23). The minimum absolute atomic E-state index is 0.0749. The number of amidine groups is 1. The summed E-state index contributed by atoms with van der Waals surface area (Å²) in [5.74, 6) is -1.58. The summed E-state index contributed by atoms with van der Waals surface area (Å²) in [6, 6.07) is -2.19. The van der Waals surface area contributed by atoms with E-state index in [9.17, 15) is 15.0 Å². The molecule has 2 aliphatic rings. The Morgan fingerprint density at radius 1 is 1.33 bits per heavy atom. The van der Waals surface area contributed by atoms with Crippen molar-refractivity contribution in [3.63, 3.8) is 0 Å². The van der Waals surface area contributed by atoms with E-state index in [4.69, 9.17) is 16.2 Å². The molecule has 0 aromatic heterocycles. The van der Waals surface area contributed by atoms with Gasteiger partial charge in [-0.2, -0.15) is 0 Å². The minimum Gasteiger partial charge on any atom is -0.447 e. The number of aliphatic imine (C=N–C) groups is 2. The van der Waals surface area contributed by atoms with Crippen molar-refractivity contribution in [3.8, 4) is 0 Å². The molecule has 0 aliphatic carbocycles. The fraction of sp³-hybridized carbons (Fsp3) is 0.824. The van der Waals surface area contributed by atoms with Gasteiger partial charge in [0.05, 0.1) is 11.9 Å². The summed E-state index contributed by atoms with van der Waals surface area (Å²) in [5, 5.41) is 26.4. The fourth-order valence-electron chi connectivity index (χ4n) is 3.35. The molecule has 2 rings (SSSR count). The molecule has 3 atom stereocenters. The molecular formula is C17H32N6O4. The SMILES string of the molecule is CCCCCCNC(=O)OCC1N=C(N)CCCC(O)(O)C2N=C(N)NC12. The van der Waals surface area contributed by atoms with Crippen LogP contribution in [0.15, 0.2) is 9.98 Å². The van der Waals surface area contributed by atoms with Crippen LogP contribution in [0, 0.1) is 0 Å². The number of amides is 1. The number of hydrogen-bond acceptors (Lipinski definition) is 9. The van der Waals surface area contributed by atoms with Crippen molar-refractivity contribution in [1.82, 2.24) is 10.6 Å². The van der Waals surface area contributed by atoms with Crippen LogP contribution in [0.1, 0.15) is 51.9 Å². The summed E-state index contributed by atoms with van der Waals surface area (Å²) >= 11 is 0. The summed E-state index contributed by atoms with van der Waals surface area (Å²) < 4.78 is 5.28. The van der Waals surface area contributed by atoms with E-state index in [1.165, 1.54) is 0 Å². The third-order valence-electron chi connectivity index (χ3n) is 4.82. The number of alkyl carbamates (subject to hydrolysis) is 1. The van der Waals surface area contributed by atoms with Gasteiger partial charge < -0.3 is 37.1 Å². The van der Waals surface area contributed by atoms with E-state index in [0.717, 1.165) is 25.7 Å². The Morgan fingerprint density at radius 3 is 2.85 bits per heavy atom. The Kier molecular flexibility index (Phi) is 7.66. The highest BCUT2D eigenvalue weighted by atomic mass is 16.5. The topological polar surface area (TPSA) is 168 Å². The largest absolute Gasteiger partial charge is 0.447 e. The van der Waals surface area contributed by atoms with Gasteiger partial charge in [-0.25, -0.2) is 9.79 Å². The molecule has 0 aromatic carbocycles. The first-order valence-corrected chi connectivity index (χ1v) is 9.61. The Bertz CT molecular complexity index is 566. The number of hydrogen-bond donors (Lipinski definition) is 6. The zero-order valence-electron chi connectivity index (χ0n) is 15.9. The van der Waals surface area contributed by atoms with Crippen molar-refractivity contribution < 1.29 is 19.7 Å². The smallest absolute Gasteiger partial charge is 0.407 e. The van der Waals surface area contributed by atoms with Gasteiger partial charge in [0, 0.05) is 19.4 Å². The van der Waals surface area contributed by atoms with E-state index >= 15 is 0 Å². The number of nitrogens with zero attached hydrogens (tertiary/aromatic N) is 2. The molecule has 0 spiro atoms. The molecule has 2 heterocycles. The van der Waals surface area contributed by atoms with Gasteiger partial charge in [-0.15, -0.1) is 0 Å². The molecule has 0 bridgehead atoms. The Hall–Kier alpha value is -2.07. The van der Waals surface area contributed by atoms with Crippen LogP contribution in [-0.2, 0) is 4.74 Å². The molecule has 8 N–H and O–H groups in total. The first-order chi connectivity index (χ1) is 12.8. The second-order valence-corrected chi connectivity index (χ2v) is 7.14. The zero-order chi connectivity index (χ0) is 19.9. The lowest BCUT2D eigenvalue weighted by molar-refractivity contribution is -0.184. The van der Waals surface area contributed by atoms with Gasteiger partial charge in [-0.3, -0.25) is 4.99 Å². The molecule has 27 heavy (non-hydrogen) atoms. The first kappa shape index (κ1) is 21.2. The van der Waals surface area contributed by atoms with Gasteiger partial charge in [-0.1, -0.05) is 26.2 Å². The van der Waals surface area contributed by atoms with Crippen molar-refractivity contribution in [1.29, 1.82) is 0 Å². The molecule has 10 heteroatoms. The van der Waals surface area contributed by atoms with Gasteiger partial charge in [0.15, 0.2) is 11.7 Å². The predicted octanol–water partition coefficient (Wildman–Crippen LogP) is -0.461. The molecule has 2 aliphatic heterocycles. The molecule has 0 saturated heterocycles. The Morgan fingerprint density at radius 2 is 2.11 bits per heavy atom. The molecular weight excluding hydrogens is 352 g/mol. The van der Waals surface area contributed by atoms with Crippen molar-refractivity contribution in [2.45, 2.75) is 75.8 Å². The number of nitrogens with one attached hydrogen (secondary N) is 2. The van der Waals surface area contributed by atoms with Crippen molar-refractivity contribution >= 4 is 17.9 Å². The molecule has 154 valence electrons. The lowest BCUT2D eigenvalue weighted by atomic mass is 9.92. The van der Waals surface area contributed by atoms with E-state index in [0.29, 0.717) is 25.2 Å². The summed E-state index contributed by atoms with van der Waals surface area (Å²) in [7, 11) is 0. The van der Waals surface area contributed by atoms with E-state index < -0.39 is 30.0 Å². The number of rotatable bonds is 7. The number of guanidine groups is 1. The molecule has 10 nitrogen and oxygen atoms in total. The quantitative estimate of drug-likeness (QED) is 0.255. The van der Waals surface area contributed by atoms with Gasteiger partial charge in [0.2, 0.25) is 0 Å². The maximum atomic E-state index is 11.9. The van der Waals surface area contributed by atoms with Crippen LogP contribution >= 0.6 is 0 Å². The highest BCUT2D eigenvalue weighted by Crippen LogP contribution is 2.27. The van der Waals surface area contributed by atoms with Crippen LogP contribution < -0.4 is 22.1 Å². The number of fused-ring (bicyclic) bond motifs is 1. The van der Waals surface area contributed by atoms with Crippen LogP contribution in [-0.4, -0.2) is 65.2 Å². The number of nitrogens with two attached hydrogens (primary N) is 2. The normalized spacial score (nSPS) is 27.1. The third-order valence-corrected chi connectivity index (χ3v) is 4.82. The third kappa shape index (κ3) is 6.24. The number of unbranched alkanes of at least 4 members (excludes halogenated alkanes) is 3. The predicted molar refractivity (Wildman–Crippen MR) is 102 cm³/mol. The van der Waals surface area contributed by atoms with Gasteiger partial charge >= 0.3 is 6.09 Å². The van der Waals surface area contributed by atoms with Crippen molar-refractivity contribution in [2.24, 2.45) is 21.5 Å². The van der Waals surface area contributed by atoms with E-state index in [1.807, 2.05) is 0 Å². The molecule has 1 amide bonds. The number of carbonyl (C=O) groups is 1. The summed E-state index contributed by atoms with van der Waals surface area (Å²) in [6.07, 6.45) is 4.63. The van der Waals surface area contributed by atoms with Crippen LogP contribution in [0.4, 0.5) is 4.79 Å². The highest BCUT2D eigenvalue weighted by molar-refractivity contribution is 5.82. The maximum Gasteiger partial charge on any atom is 0.407 e. The van der Waals surface area contributed by atoms with E-state index in [-0.39, 0.29) is 19.0 Å². The van der Waals surface area contributed by atoms with Gasteiger partial charge in [0.25, 0.3) is 0 Å². The summed E-state index contributed by atoms with van der Waals surface area (Å²) in [6.45, 7) is 2.60. The first-order valence-electron chi connectivity index (χ1n) is 9.61. The van der Waals surface area contributed by atoms with Crippen LogP contribution in [0.3, 0.4) is 0 Å². The lowest BCUT2D eigenvalue weighted by Crippen LogP contribution is -2.55.